The summed E-state index contributed by atoms with van der Waals surface area (Å²) in [6.07, 6.45) is 0. The Morgan fingerprint density at radius 3 is 1.94 bits per heavy atom. The highest BCUT2D eigenvalue weighted by atomic mass is 14.8. The molecule has 0 amide bonds. The fourth-order valence-corrected chi connectivity index (χ4v) is 2.26. The van der Waals surface area contributed by atoms with Crippen molar-refractivity contribution < 1.29 is 0 Å². The van der Waals surface area contributed by atoms with Gasteiger partial charge in [-0.05, 0) is 23.7 Å². The van der Waals surface area contributed by atoms with E-state index in [0.29, 0.717) is 0 Å². The molecule has 2 aromatic rings. The zero-order chi connectivity index (χ0) is 13.0. The van der Waals surface area contributed by atoms with E-state index in [0.717, 1.165) is 6.54 Å². The SMILES string of the molecule is CNCc1ccc(C(C)(C)c2ccccc2)cc1. The number of hydrogen-bond donors (Lipinski definition) is 1. The maximum absolute atomic E-state index is 3.17. The molecule has 0 fully saturated rings. The molecule has 0 radical (unpaired) electrons. The van der Waals surface area contributed by atoms with Gasteiger partial charge in [-0.2, -0.15) is 0 Å². The molecule has 0 aliphatic carbocycles. The molecule has 0 saturated heterocycles. The van der Waals surface area contributed by atoms with Gasteiger partial charge in [0.1, 0.15) is 0 Å². The smallest absolute Gasteiger partial charge is 0.0202 e. The van der Waals surface area contributed by atoms with Crippen molar-refractivity contribution in [3.63, 3.8) is 0 Å². The summed E-state index contributed by atoms with van der Waals surface area (Å²) in [5.41, 5.74) is 4.09. The Labute approximate surface area is 110 Å². The fourth-order valence-electron chi connectivity index (χ4n) is 2.26. The van der Waals surface area contributed by atoms with Gasteiger partial charge in [-0.25, -0.2) is 0 Å². The summed E-state index contributed by atoms with van der Waals surface area (Å²) in [7, 11) is 1.97. The topological polar surface area (TPSA) is 12.0 Å². The molecular weight excluding hydrogens is 218 g/mol. The molecule has 18 heavy (non-hydrogen) atoms. The summed E-state index contributed by atoms with van der Waals surface area (Å²) >= 11 is 0. The van der Waals surface area contributed by atoms with E-state index in [1.165, 1.54) is 16.7 Å². The van der Waals surface area contributed by atoms with Gasteiger partial charge < -0.3 is 5.32 Å². The normalized spacial score (nSPS) is 11.5. The standard InChI is InChI=1S/C17H21N/c1-17(2,15-7-5-4-6-8-15)16-11-9-14(10-12-16)13-18-3/h4-12,18H,13H2,1-3H3. The molecule has 0 saturated carbocycles. The van der Waals surface area contributed by atoms with E-state index in [2.05, 4.69) is 73.8 Å². The average Bonchev–Trinajstić information content (AvgIpc) is 2.41. The molecule has 2 rings (SSSR count). The minimum absolute atomic E-state index is 0.0550. The van der Waals surface area contributed by atoms with Gasteiger partial charge in [0.2, 0.25) is 0 Å². The van der Waals surface area contributed by atoms with E-state index in [1.807, 2.05) is 7.05 Å². The van der Waals surface area contributed by atoms with Gasteiger partial charge in [0, 0.05) is 12.0 Å². The van der Waals surface area contributed by atoms with Crippen LogP contribution in [0.15, 0.2) is 54.6 Å². The largest absolute Gasteiger partial charge is 0.316 e. The number of benzene rings is 2. The first-order chi connectivity index (χ1) is 8.64. The molecule has 1 nitrogen and oxygen atoms in total. The Morgan fingerprint density at radius 2 is 1.39 bits per heavy atom. The van der Waals surface area contributed by atoms with E-state index in [9.17, 15) is 0 Å². The predicted molar refractivity (Wildman–Crippen MR) is 77.8 cm³/mol. The highest BCUT2D eigenvalue weighted by molar-refractivity contribution is 5.38. The first-order valence-electron chi connectivity index (χ1n) is 6.44. The zero-order valence-corrected chi connectivity index (χ0v) is 11.4. The van der Waals surface area contributed by atoms with E-state index in [4.69, 9.17) is 0 Å². The van der Waals surface area contributed by atoms with Crippen LogP contribution < -0.4 is 5.32 Å². The Morgan fingerprint density at radius 1 is 0.833 bits per heavy atom. The molecule has 0 atom stereocenters. The molecule has 2 aromatic carbocycles. The second-order valence-electron chi connectivity index (χ2n) is 5.22. The molecule has 0 unspecified atom stereocenters. The summed E-state index contributed by atoms with van der Waals surface area (Å²) in [6.45, 7) is 5.47. The molecule has 0 spiro atoms. The maximum Gasteiger partial charge on any atom is 0.0202 e. The van der Waals surface area contributed by atoms with Crippen molar-refractivity contribution in [1.29, 1.82) is 0 Å². The van der Waals surface area contributed by atoms with Crippen LogP contribution >= 0.6 is 0 Å². The quantitative estimate of drug-likeness (QED) is 0.857. The van der Waals surface area contributed by atoms with Crippen molar-refractivity contribution in [3.8, 4) is 0 Å². The van der Waals surface area contributed by atoms with Crippen LogP contribution in [0.5, 0.6) is 0 Å². The number of nitrogens with one attached hydrogen (secondary N) is 1. The van der Waals surface area contributed by atoms with Crippen molar-refractivity contribution in [3.05, 3.63) is 71.3 Å². The molecule has 0 aliphatic rings. The molecule has 1 heteroatoms. The maximum atomic E-state index is 3.17. The lowest BCUT2D eigenvalue weighted by molar-refractivity contribution is 0.640. The highest BCUT2D eigenvalue weighted by Crippen LogP contribution is 2.31. The molecule has 0 bridgehead atoms. The molecule has 0 heterocycles. The first kappa shape index (κ1) is 12.8. The Hall–Kier alpha value is -1.60. The average molecular weight is 239 g/mol. The minimum Gasteiger partial charge on any atom is -0.316 e. The Bertz CT molecular complexity index is 483. The third-order valence-electron chi connectivity index (χ3n) is 3.55. The van der Waals surface area contributed by atoms with Crippen molar-refractivity contribution in [2.45, 2.75) is 25.8 Å². The second-order valence-corrected chi connectivity index (χ2v) is 5.22. The van der Waals surface area contributed by atoms with Crippen LogP contribution in [0.2, 0.25) is 0 Å². The summed E-state index contributed by atoms with van der Waals surface area (Å²) in [5.74, 6) is 0. The molecule has 0 aliphatic heterocycles. The highest BCUT2D eigenvalue weighted by Gasteiger charge is 2.22. The summed E-state index contributed by atoms with van der Waals surface area (Å²) in [6, 6.07) is 19.5. The van der Waals surface area contributed by atoms with E-state index in [1.54, 1.807) is 0 Å². The summed E-state index contributed by atoms with van der Waals surface area (Å²) < 4.78 is 0. The van der Waals surface area contributed by atoms with Crippen LogP contribution in [0.1, 0.15) is 30.5 Å². The monoisotopic (exact) mass is 239 g/mol. The lowest BCUT2D eigenvalue weighted by Gasteiger charge is -2.26. The lowest BCUT2D eigenvalue weighted by atomic mass is 9.78. The van der Waals surface area contributed by atoms with Crippen molar-refractivity contribution in [2.24, 2.45) is 0 Å². The molecule has 1 N–H and O–H groups in total. The Kier molecular flexibility index (Phi) is 3.83. The lowest BCUT2D eigenvalue weighted by Crippen LogP contribution is -2.18. The van der Waals surface area contributed by atoms with Crippen LogP contribution in [0.3, 0.4) is 0 Å². The van der Waals surface area contributed by atoms with Gasteiger partial charge in [-0.3, -0.25) is 0 Å². The number of rotatable bonds is 4. The fraction of sp³-hybridized carbons (Fsp3) is 0.294. The van der Waals surface area contributed by atoms with Crippen LogP contribution in [-0.4, -0.2) is 7.05 Å². The second kappa shape index (κ2) is 5.36. The van der Waals surface area contributed by atoms with Gasteiger partial charge in [0.25, 0.3) is 0 Å². The first-order valence-corrected chi connectivity index (χ1v) is 6.44. The van der Waals surface area contributed by atoms with Crippen LogP contribution in [0.4, 0.5) is 0 Å². The molecule has 0 aromatic heterocycles. The zero-order valence-electron chi connectivity index (χ0n) is 11.4. The van der Waals surface area contributed by atoms with Gasteiger partial charge in [-0.1, -0.05) is 68.4 Å². The van der Waals surface area contributed by atoms with Gasteiger partial charge >= 0.3 is 0 Å². The van der Waals surface area contributed by atoms with E-state index < -0.39 is 0 Å². The minimum atomic E-state index is 0.0550. The molecular formula is C17H21N. The van der Waals surface area contributed by atoms with Crippen molar-refractivity contribution in [2.75, 3.05) is 7.05 Å². The van der Waals surface area contributed by atoms with Crippen LogP contribution in [-0.2, 0) is 12.0 Å². The van der Waals surface area contributed by atoms with Crippen LogP contribution in [0, 0.1) is 0 Å². The van der Waals surface area contributed by atoms with Gasteiger partial charge in [-0.15, -0.1) is 0 Å². The van der Waals surface area contributed by atoms with Gasteiger partial charge in [0.15, 0.2) is 0 Å². The number of hydrogen-bond acceptors (Lipinski definition) is 1. The van der Waals surface area contributed by atoms with Crippen molar-refractivity contribution in [1.82, 2.24) is 5.32 Å². The predicted octanol–water partition coefficient (Wildman–Crippen LogP) is 3.73. The Balaban J connectivity index is 2.30. The third kappa shape index (κ3) is 2.62. The summed E-state index contributed by atoms with van der Waals surface area (Å²) in [5, 5.41) is 3.17. The third-order valence-corrected chi connectivity index (χ3v) is 3.55. The van der Waals surface area contributed by atoms with E-state index >= 15 is 0 Å². The molecule has 94 valence electrons. The van der Waals surface area contributed by atoms with E-state index in [-0.39, 0.29) is 5.41 Å². The van der Waals surface area contributed by atoms with Crippen molar-refractivity contribution >= 4 is 0 Å². The summed E-state index contributed by atoms with van der Waals surface area (Å²) in [4.78, 5) is 0. The van der Waals surface area contributed by atoms with Crippen LogP contribution in [0.25, 0.3) is 0 Å². The van der Waals surface area contributed by atoms with Gasteiger partial charge in [0.05, 0.1) is 0 Å².